The van der Waals surface area contributed by atoms with Gasteiger partial charge in [0.05, 0.1) is 31.0 Å². The van der Waals surface area contributed by atoms with Gasteiger partial charge in [0.15, 0.2) is 11.6 Å². The number of piperidine rings is 1. The van der Waals surface area contributed by atoms with E-state index in [4.69, 9.17) is 25.5 Å². The van der Waals surface area contributed by atoms with Crippen LogP contribution in [0.1, 0.15) is 18.4 Å². The van der Waals surface area contributed by atoms with Crippen LogP contribution in [0.25, 0.3) is 22.4 Å². The number of rotatable bonds is 5. The van der Waals surface area contributed by atoms with Crippen molar-refractivity contribution in [3.63, 3.8) is 0 Å². The van der Waals surface area contributed by atoms with E-state index in [1.165, 1.54) is 38.5 Å². The Morgan fingerprint density at radius 3 is 2.24 bits per heavy atom. The van der Waals surface area contributed by atoms with Gasteiger partial charge in [0, 0.05) is 30.8 Å². The Bertz CT molecular complexity index is 1220. The van der Waals surface area contributed by atoms with Crippen molar-refractivity contribution >= 4 is 5.82 Å². The molecule has 0 unspecified atom stereocenters. The van der Waals surface area contributed by atoms with Crippen LogP contribution in [0.3, 0.4) is 0 Å². The third kappa shape index (κ3) is 4.45. The molecule has 8 heteroatoms. The number of nitrogens with two attached hydrogens (primary N) is 1. The summed E-state index contributed by atoms with van der Waals surface area (Å²) in [6.07, 6.45) is 1.66. The van der Waals surface area contributed by atoms with Crippen molar-refractivity contribution in [2.75, 3.05) is 32.2 Å². The van der Waals surface area contributed by atoms with E-state index in [2.05, 4.69) is 4.90 Å². The molecule has 170 valence electrons. The third-order valence-electron chi connectivity index (χ3n) is 5.86. The molecule has 1 aliphatic heterocycles. The molecule has 0 bridgehead atoms. The first-order valence-electron chi connectivity index (χ1n) is 10.6. The highest BCUT2D eigenvalue weighted by molar-refractivity contribution is 5.87. The average molecular weight is 450 g/mol. The fourth-order valence-corrected chi connectivity index (χ4v) is 4.02. The molecule has 1 saturated heterocycles. The summed E-state index contributed by atoms with van der Waals surface area (Å²) in [5.41, 5.74) is 7.88. The minimum Gasteiger partial charge on any atom is -0.496 e. The fraction of sp³-hybridized carbons (Fsp3) is 0.280. The zero-order valence-electron chi connectivity index (χ0n) is 18.4. The van der Waals surface area contributed by atoms with Crippen molar-refractivity contribution in [2.24, 2.45) is 5.73 Å². The highest BCUT2D eigenvalue weighted by Crippen LogP contribution is 2.42. The molecule has 1 fully saturated rings. The molecule has 0 atom stereocenters. The number of nitriles is 1. The molecule has 0 aliphatic carbocycles. The lowest BCUT2D eigenvalue weighted by Crippen LogP contribution is -2.40. The van der Waals surface area contributed by atoms with E-state index in [1.54, 1.807) is 18.2 Å². The smallest absolute Gasteiger partial charge is 0.165 e. The highest BCUT2D eigenvalue weighted by atomic mass is 19.1. The second kappa shape index (κ2) is 9.43. The number of hydrogen-bond donors (Lipinski definition) is 1. The number of hydrogen-bond acceptors (Lipinski definition) is 6. The number of aromatic nitrogens is 1. The number of nitrogens with zero attached hydrogens (tertiary/aromatic N) is 3. The first-order valence-corrected chi connectivity index (χ1v) is 10.6. The van der Waals surface area contributed by atoms with Gasteiger partial charge in [-0.3, -0.25) is 0 Å². The van der Waals surface area contributed by atoms with Gasteiger partial charge >= 0.3 is 0 Å². The van der Waals surface area contributed by atoms with Crippen LogP contribution < -0.4 is 20.1 Å². The normalized spacial score (nSPS) is 14.1. The van der Waals surface area contributed by atoms with Gasteiger partial charge in [0.1, 0.15) is 23.5 Å². The molecule has 1 aliphatic rings. The van der Waals surface area contributed by atoms with E-state index in [0.29, 0.717) is 34.0 Å². The minimum absolute atomic E-state index is 0.0658. The number of anilines is 1. The van der Waals surface area contributed by atoms with E-state index in [1.807, 2.05) is 6.07 Å². The molecule has 33 heavy (non-hydrogen) atoms. The van der Waals surface area contributed by atoms with Crippen molar-refractivity contribution in [2.45, 2.75) is 18.9 Å². The summed E-state index contributed by atoms with van der Waals surface area (Å²) < 4.78 is 39.8. The van der Waals surface area contributed by atoms with Gasteiger partial charge in [-0.15, -0.1) is 0 Å². The molecule has 3 aromatic rings. The second-order valence-electron chi connectivity index (χ2n) is 7.89. The summed E-state index contributed by atoms with van der Waals surface area (Å²) in [5, 5.41) is 9.11. The molecular weight excluding hydrogens is 426 g/mol. The maximum atomic E-state index is 14.6. The molecule has 0 radical (unpaired) electrons. The number of pyridine rings is 1. The van der Waals surface area contributed by atoms with Gasteiger partial charge < -0.3 is 20.1 Å². The van der Waals surface area contributed by atoms with Crippen LogP contribution in [0.2, 0.25) is 0 Å². The molecule has 2 aromatic carbocycles. The molecule has 2 N–H and O–H groups in total. The Morgan fingerprint density at radius 2 is 1.64 bits per heavy atom. The Kier molecular flexibility index (Phi) is 6.43. The maximum absolute atomic E-state index is 14.6. The SMILES string of the molecule is COc1ccc(-c2c(OC)cc(N3CCC(N)CC3)nc2-c2ccc(C#N)c(F)c2)cc1F. The van der Waals surface area contributed by atoms with Crippen molar-refractivity contribution in [3.8, 4) is 40.0 Å². The summed E-state index contributed by atoms with van der Waals surface area (Å²) in [6, 6.07) is 12.6. The highest BCUT2D eigenvalue weighted by Gasteiger charge is 2.23. The van der Waals surface area contributed by atoms with E-state index in [-0.39, 0.29) is 17.4 Å². The molecule has 4 rings (SSSR count). The van der Waals surface area contributed by atoms with Gasteiger partial charge in [-0.05, 0) is 42.7 Å². The van der Waals surface area contributed by atoms with Crippen LogP contribution in [0, 0.1) is 23.0 Å². The van der Waals surface area contributed by atoms with Crippen LogP contribution >= 0.6 is 0 Å². The summed E-state index contributed by atoms with van der Waals surface area (Å²) in [6.45, 7) is 1.46. The number of methoxy groups -OCH3 is 2. The lowest BCUT2D eigenvalue weighted by atomic mass is 9.96. The standard InChI is InChI=1S/C25H24F2N4O2/c1-32-21-6-5-15(11-20(21)27)24-22(33-2)13-23(31-9-7-18(29)8-10-31)30-25(24)16-3-4-17(14-28)19(26)12-16/h3-6,11-13,18H,7-10,29H2,1-2H3. The Hall–Kier alpha value is -3.70. The summed E-state index contributed by atoms with van der Waals surface area (Å²) in [5.74, 6) is 0.0495. The van der Waals surface area contributed by atoms with Crippen molar-refractivity contribution in [1.29, 1.82) is 5.26 Å². The Labute approximate surface area is 191 Å². The van der Waals surface area contributed by atoms with Gasteiger partial charge in [-0.1, -0.05) is 12.1 Å². The lowest BCUT2D eigenvalue weighted by Gasteiger charge is -2.32. The molecule has 0 amide bonds. The average Bonchev–Trinajstić information content (AvgIpc) is 2.83. The van der Waals surface area contributed by atoms with Gasteiger partial charge in [-0.2, -0.15) is 5.26 Å². The number of benzene rings is 2. The van der Waals surface area contributed by atoms with Crippen LogP contribution in [-0.4, -0.2) is 38.3 Å². The molecule has 1 aromatic heterocycles. The zero-order valence-corrected chi connectivity index (χ0v) is 18.4. The van der Waals surface area contributed by atoms with E-state index in [9.17, 15) is 8.78 Å². The summed E-state index contributed by atoms with van der Waals surface area (Å²) in [7, 11) is 2.92. The third-order valence-corrected chi connectivity index (χ3v) is 5.86. The predicted molar refractivity (Wildman–Crippen MR) is 122 cm³/mol. The van der Waals surface area contributed by atoms with Crippen molar-refractivity contribution in [1.82, 2.24) is 4.98 Å². The zero-order chi connectivity index (χ0) is 23.5. The maximum Gasteiger partial charge on any atom is 0.165 e. The largest absolute Gasteiger partial charge is 0.496 e. The van der Waals surface area contributed by atoms with E-state index in [0.717, 1.165) is 25.9 Å². The summed E-state index contributed by atoms with van der Waals surface area (Å²) in [4.78, 5) is 6.95. The Balaban J connectivity index is 1.93. The van der Waals surface area contributed by atoms with Gasteiger partial charge in [0.25, 0.3) is 0 Å². The topological polar surface area (TPSA) is 84.4 Å². The minimum atomic E-state index is -0.656. The molecule has 6 nitrogen and oxygen atoms in total. The van der Waals surface area contributed by atoms with Crippen molar-refractivity contribution < 1.29 is 18.3 Å². The summed E-state index contributed by atoms with van der Waals surface area (Å²) >= 11 is 0. The first-order chi connectivity index (χ1) is 15.9. The lowest BCUT2D eigenvalue weighted by molar-refractivity contribution is 0.386. The molecule has 0 saturated carbocycles. The van der Waals surface area contributed by atoms with Crippen LogP contribution in [0.4, 0.5) is 14.6 Å². The second-order valence-corrected chi connectivity index (χ2v) is 7.89. The van der Waals surface area contributed by atoms with E-state index >= 15 is 0 Å². The van der Waals surface area contributed by atoms with Gasteiger partial charge in [-0.25, -0.2) is 13.8 Å². The van der Waals surface area contributed by atoms with Crippen LogP contribution in [0.15, 0.2) is 42.5 Å². The monoisotopic (exact) mass is 450 g/mol. The van der Waals surface area contributed by atoms with E-state index < -0.39 is 11.6 Å². The molecular formula is C25H24F2N4O2. The van der Waals surface area contributed by atoms with Gasteiger partial charge in [0.2, 0.25) is 0 Å². The molecule has 0 spiro atoms. The quantitative estimate of drug-likeness (QED) is 0.616. The number of ether oxygens (including phenoxy) is 2. The van der Waals surface area contributed by atoms with Crippen LogP contribution in [0.5, 0.6) is 11.5 Å². The Morgan fingerprint density at radius 1 is 0.970 bits per heavy atom. The fourth-order valence-electron chi connectivity index (χ4n) is 4.02. The molecule has 2 heterocycles. The first kappa shape index (κ1) is 22.5. The van der Waals surface area contributed by atoms with Crippen LogP contribution in [-0.2, 0) is 0 Å². The number of halogens is 2. The predicted octanol–water partition coefficient (Wildman–Crippen LogP) is 4.51. The van der Waals surface area contributed by atoms with Crippen molar-refractivity contribution in [3.05, 3.63) is 59.7 Å².